The maximum absolute atomic E-state index is 12.3. The molecule has 2 unspecified atom stereocenters. The zero-order chi connectivity index (χ0) is 21.3. The van der Waals surface area contributed by atoms with Gasteiger partial charge in [-0.2, -0.15) is 0 Å². The number of carboxylic acids is 4. The van der Waals surface area contributed by atoms with Gasteiger partial charge < -0.3 is 20.4 Å². The van der Waals surface area contributed by atoms with Gasteiger partial charge in [0.1, 0.15) is 0 Å². The number of carboxylic acid groups (broad SMARTS) is 4. The fraction of sp³-hybridized carbons (Fsp3) is 0.238. The minimum Gasteiger partial charge on any atom is -0.481 e. The lowest BCUT2D eigenvalue weighted by atomic mass is 9.59. The summed E-state index contributed by atoms with van der Waals surface area (Å²) in [5.74, 6) is -9.22. The van der Waals surface area contributed by atoms with Gasteiger partial charge in [-0.25, -0.2) is 0 Å². The lowest BCUT2D eigenvalue weighted by Crippen LogP contribution is -2.50. The van der Waals surface area contributed by atoms with Crippen LogP contribution in [0.2, 0.25) is 0 Å². The molecule has 2 atom stereocenters. The third kappa shape index (κ3) is 3.12. The lowest BCUT2D eigenvalue weighted by molar-refractivity contribution is -0.157. The van der Waals surface area contributed by atoms with E-state index in [1.54, 1.807) is 48.5 Å². The molecule has 29 heavy (non-hydrogen) atoms. The summed E-state index contributed by atoms with van der Waals surface area (Å²) in [4.78, 5) is 47.6. The smallest absolute Gasteiger partial charge is 0.308 e. The van der Waals surface area contributed by atoms with E-state index in [2.05, 4.69) is 0 Å². The van der Waals surface area contributed by atoms with Gasteiger partial charge >= 0.3 is 23.9 Å². The molecule has 4 N–H and O–H groups in total. The number of rotatable bonds is 8. The van der Waals surface area contributed by atoms with Crippen LogP contribution >= 0.6 is 0 Å². The lowest BCUT2D eigenvalue weighted by Gasteiger charge is -2.41. The second-order valence-electron chi connectivity index (χ2n) is 6.94. The number of hydrogen-bond donors (Lipinski definition) is 4. The molecule has 0 saturated heterocycles. The van der Waals surface area contributed by atoms with Crippen molar-refractivity contribution in [2.24, 2.45) is 11.8 Å². The molecule has 1 aliphatic carbocycles. The van der Waals surface area contributed by atoms with E-state index < -0.39 is 54.0 Å². The Hall–Kier alpha value is -3.68. The third-order valence-electron chi connectivity index (χ3n) is 5.49. The summed E-state index contributed by atoms with van der Waals surface area (Å²) < 4.78 is 0. The van der Waals surface area contributed by atoms with Gasteiger partial charge in [0.25, 0.3) is 0 Å². The summed E-state index contributed by atoms with van der Waals surface area (Å²) in [5.41, 5.74) is -0.110. The molecule has 2 aromatic rings. The van der Waals surface area contributed by atoms with E-state index in [4.69, 9.17) is 0 Å². The quantitative estimate of drug-likeness (QED) is 0.529. The Labute approximate surface area is 165 Å². The Bertz CT molecular complexity index is 928. The molecular weight excluding hydrogens is 380 g/mol. The molecule has 8 nitrogen and oxygen atoms in total. The number of fused-ring (bicyclic) bond motifs is 3. The predicted octanol–water partition coefficient (Wildman–Crippen LogP) is 2.30. The summed E-state index contributed by atoms with van der Waals surface area (Å²) in [7, 11) is 0. The van der Waals surface area contributed by atoms with E-state index in [9.17, 15) is 39.6 Å². The van der Waals surface area contributed by atoms with Crippen LogP contribution in [0.1, 0.15) is 24.0 Å². The Kier molecular flexibility index (Phi) is 5.11. The largest absolute Gasteiger partial charge is 0.481 e. The minimum atomic E-state index is -1.86. The second-order valence-corrected chi connectivity index (χ2v) is 6.94. The highest BCUT2D eigenvalue weighted by molar-refractivity contribution is 5.92. The van der Waals surface area contributed by atoms with Crippen molar-refractivity contribution in [2.75, 3.05) is 0 Å². The molecule has 0 spiro atoms. The maximum Gasteiger partial charge on any atom is 0.308 e. The van der Waals surface area contributed by atoms with Gasteiger partial charge in [0.05, 0.1) is 24.7 Å². The van der Waals surface area contributed by atoms with Crippen molar-refractivity contribution in [3.8, 4) is 11.1 Å². The van der Waals surface area contributed by atoms with Crippen LogP contribution < -0.4 is 0 Å². The number of aliphatic carboxylic acids is 4. The zero-order valence-electron chi connectivity index (χ0n) is 15.1. The van der Waals surface area contributed by atoms with Gasteiger partial charge in [-0.05, 0) is 22.3 Å². The molecule has 0 saturated carbocycles. The predicted molar refractivity (Wildman–Crippen MR) is 99.4 cm³/mol. The molecule has 0 fully saturated rings. The SMILES string of the molecule is O=C(O)CC(C(=O)O)C1(C(CC(=O)O)C(=O)O)c2ccccc2-c2ccccc21. The third-order valence-corrected chi connectivity index (χ3v) is 5.49. The van der Waals surface area contributed by atoms with Crippen LogP contribution in [0.15, 0.2) is 48.5 Å². The highest BCUT2D eigenvalue weighted by Gasteiger charge is 2.59. The minimum absolute atomic E-state index is 0.309. The van der Waals surface area contributed by atoms with Crippen molar-refractivity contribution in [3.63, 3.8) is 0 Å². The van der Waals surface area contributed by atoms with E-state index >= 15 is 0 Å². The summed E-state index contributed by atoms with van der Waals surface area (Å²) in [6.07, 6.45) is -1.72. The second kappa shape index (κ2) is 7.38. The van der Waals surface area contributed by atoms with E-state index in [0.29, 0.717) is 22.3 Å². The highest BCUT2D eigenvalue weighted by Crippen LogP contribution is 2.58. The Morgan fingerprint density at radius 3 is 1.31 bits per heavy atom. The van der Waals surface area contributed by atoms with Crippen molar-refractivity contribution in [2.45, 2.75) is 18.3 Å². The van der Waals surface area contributed by atoms with Gasteiger partial charge in [-0.15, -0.1) is 0 Å². The summed E-state index contributed by atoms with van der Waals surface area (Å²) in [6, 6.07) is 13.1. The van der Waals surface area contributed by atoms with E-state index in [0.717, 1.165) is 0 Å². The summed E-state index contributed by atoms with van der Waals surface area (Å²) in [6.45, 7) is 0. The van der Waals surface area contributed by atoms with Gasteiger partial charge in [-0.3, -0.25) is 19.2 Å². The monoisotopic (exact) mass is 398 g/mol. The van der Waals surface area contributed by atoms with Crippen molar-refractivity contribution < 1.29 is 39.6 Å². The fourth-order valence-corrected chi connectivity index (χ4v) is 4.53. The standard InChI is InChI=1S/C21H18O8/c22-17(23)9-15(19(26)27)21(16(20(28)29)10-18(24)25)13-7-3-1-5-11(13)12-6-2-4-8-14(12)21/h1-8,15-16H,9-10H2,(H,22,23)(H,24,25)(H,26,27)(H,28,29). The Balaban J connectivity index is 2.46. The first-order chi connectivity index (χ1) is 13.7. The first-order valence-electron chi connectivity index (χ1n) is 8.79. The Morgan fingerprint density at radius 2 is 1.00 bits per heavy atom. The maximum atomic E-state index is 12.3. The average molecular weight is 398 g/mol. The molecule has 0 heterocycles. The molecule has 150 valence electrons. The fourth-order valence-electron chi connectivity index (χ4n) is 4.53. The summed E-state index contributed by atoms with van der Waals surface area (Å²) >= 11 is 0. The van der Waals surface area contributed by atoms with Crippen molar-refractivity contribution in [1.29, 1.82) is 0 Å². The average Bonchev–Trinajstić information content (AvgIpc) is 2.95. The van der Waals surface area contributed by atoms with Crippen molar-refractivity contribution >= 4 is 23.9 Å². The number of hydrogen-bond acceptors (Lipinski definition) is 4. The molecule has 3 rings (SSSR count). The van der Waals surface area contributed by atoms with E-state index in [1.165, 1.54) is 0 Å². The topological polar surface area (TPSA) is 149 Å². The summed E-state index contributed by atoms with van der Waals surface area (Å²) in [5, 5.41) is 38.7. The van der Waals surface area contributed by atoms with Gasteiger partial charge in [0.15, 0.2) is 0 Å². The first kappa shape index (κ1) is 20.1. The van der Waals surface area contributed by atoms with Crippen LogP contribution in [-0.2, 0) is 24.6 Å². The molecular formula is C21H18O8. The first-order valence-corrected chi connectivity index (χ1v) is 8.79. The number of carbonyl (C=O) groups is 4. The highest BCUT2D eigenvalue weighted by atomic mass is 16.4. The van der Waals surface area contributed by atoms with Crippen LogP contribution in [-0.4, -0.2) is 44.3 Å². The van der Waals surface area contributed by atoms with Crippen LogP contribution in [0.5, 0.6) is 0 Å². The van der Waals surface area contributed by atoms with Crippen molar-refractivity contribution in [3.05, 3.63) is 59.7 Å². The number of benzene rings is 2. The van der Waals surface area contributed by atoms with Crippen molar-refractivity contribution in [1.82, 2.24) is 0 Å². The zero-order valence-corrected chi connectivity index (χ0v) is 15.1. The molecule has 1 aliphatic rings. The van der Waals surface area contributed by atoms with Gasteiger partial charge in [0.2, 0.25) is 0 Å². The van der Waals surface area contributed by atoms with Crippen LogP contribution in [0, 0.1) is 11.8 Å². The molecule has 0 radical (unpaired) electrons. The normalized spacial score (nSPS) is 15.6. The molecule has 8 heteroatoms. The molecule has 0 aliphatic heterocycles. The Morgan fingerprint density at radius 1 is 0.655 bits per heavy atom. The van der Waals surface area contributed by atoms with Crippen LogP contribution in [0.4, 0.5) is 0 Å². The molecule has 2 aromatic carbocycles. The molecule has 0 amide bonds. The van der Waals surface area contributed by atoms with Crippen LogP contribution in [0.25, 0.3) is 11.1 Å². The van der Waals surface area contributed by atoms with Crippen LogP contribution in [0.3, 0.4) is 0 Å². The van der Waals surface area contributed by atoms with Gasteiger partial charge in [0, 0.05) is 5.41 Å². The molecule has 0 aromatic heterocycles. The van der Waals surface area contributed by atoms with E-state index in [-0.39, 0.29) is 0 Å². The molecule has 0 bridgehead atoms. The van der Waals surface area contributed by atoms with E-state index in [1.807, 2.05) is 0 Å². The van der Waals surface area contributed by atoms with Gasteiger partial charge in [-0.1, -0.05) is 48.5 Å².